The van der Waals surface area contributed by atoms with Crippen LogP contribution in [-0.4, -0.2) is 4.98 Å². The molecule has 0 radical (unpaired) electrons. The van der Waals surface area contributed by atoms with Gasteiger partial charge in [0.05, 0.1) is 5.69 Å². The fourth-order valence-corrected chi connectivity index (χ4v) is 6.73. The Morgan fingerprint density at radius 1 is 0.417 bits per heavy atom. The third-order valence-corrected chi connectivity index (χ3v) is 9.15. The van der Waals surface area contributed by atoms with Crippen molar-refractivity contribution < 1.29 is 4.42 Å². The Bertz CT molecular complexity index is 2540. The van der Waals surface area contributed by atoms with E-state index in [9.17, 15) is 0 Å². The Balaban J connectivity index is 1.16. The summed E-state index contributed by atoms with van der Waals surface area (Å²) in [5, 5.41) is 4.42. The molecule has 0 fully saturated rings. The molecule has 0 aliphatic rings. The number of rotatable bonds is 6. The van der Waals surface area contributed by atoms with Crippen molar-refractivity contribution in [1.82, 2.24) is 4.98 Å². The largest absolute Gasteiger partial charge is 0.456 e. The molecule has 9 aromatic rings. The van der Waals surface area contributed by atoms with Crippen molar-refractivity contribution in [2.75, 3.05) is 4.90 Å². The minimum atomic E-state index is 0.850. The van der Waals surface area contributed by atoms with Crippen LogP contribution in [0.15, 0.2) is 187 Å². The highest BCUT2D eigenvalue weighted by molar-refractivity contribution is 6.10. The van der Waals surface area contributed by atoms with Gasteiger partial charge in [-0.05, 0) is 81.7 Å². The lowest BCUT2D eigenvalue weighted by Crippen LogP contribution is -2.11. The minimum Gasteiger partial charge on any atom is -0.456 e. The first kappa shape index (κ1) is 27.8. The lowest BCUT2D eigenvalue weighted by Gasteiger charge is -2.28. The van der Waals surface area contributed by atoms with E-state index < -0.39 is 0 Å². The molecule has 2 aromatic heterocycles. The van der Waals surface area contributed by atoms with Crippen molar-refractivity contribution in [1.29, 1.82) is 0 Å². The Labute approximate surface area is 279 Å². The smallest absolute Gasteiger partial charge is 0.137 e. The zero-order chi connectivity index (χ0) is 31.9. The van der Waals surface area contributed by atoms with Gasteiger partial charge in [0.2, 0.25) is 0 Å². The summed E-state index contributed by atoms with van der Waals surface area (Å²) in [6.45, 7) is 0. The van der Waals surface area contributed by atoms with Crippen LogP contribution >= 0.6 is 0 Å². The van der Waals surface area contributed by atoms with Gasteiger partial charge in [-0.1, -0.05) is 115 Å². The summed E-state index contributed by atoms with van der Waals surface area (Å²) in [7, 11) is 0. The van der Waals surface area contributed by atoms with Crippen molar-refractivity contribution in [2.45, 2.75) is 0 Å². The highest BCUT2D eigenvalue weighted by Crippen LogP contribution is 2.43. The van der Waals surface area contributed by atoms with E-state index in [2.05, 4.69) is 174 Å². The molecular formula is C45H30N2O. The van der Waals surface area contributed by atoms with E-state index in [1.807, 2.05) is 18.5 Å². The van der Waals surface area contributed by atoms with Crippen molar-refractivity contribution >= 4 is 49.8 Å². The number of aromatic nitrogens is 1. The molecule has 0 N–H and O–H groups in total. The second kappa shape index (κ2) is 11.7. The average Bonchev–Trinajstić information content (AvgIpc) is 3.52. The van der Waals surface area contributed by atoms with Crippen molar-refractivity contribution in [2.24, 2.45) is 0 Å². The maximum Gasteiger partial charge on any atom is 0.137 e. The lowest BCUT2D eigenvalue weighted by atomic mass is 9.99. The molecule has 0 aliphatic carbocycles. The third kappa shape index (κ3) is 4.99. The van der Waals surface area contributed by atoms with Gasteiger partial charge in [0.15, 0.2) is 0 Å². The van der Waals surface area contributed by atoms with E-state index in [1.165, 1.54) is 27.8 Å². The quantitative estimate of drug-likeness (QED) is 0.187. The van der Waals surface area contributed by atoms with Crippen molar-refractivity contribution in [3.8, 4) is 33.4 Å². The van der Waals surface area contributed by atoms with Crippen LogP contribution in [0.4, 0.5) is 17.1 Å². The second-order valence-electron chi connectivity index (χ2n) is 12.1. The molecule has 9 rings (SSSR count). The van der Waals surface area contributed by atoms with Gasteiger partial charge in [0, 0.05) is 51.6 Å². The SMILES string of the molecule is c1ccc(-c2ccc(-c3ccc(N(c4ccc5c(c4)oc4cc6cnccc6cc45)c4ccccc4-c4ccccc4)cc3)cc2)cc1. The van der Waals surface area contributed by atoms with Crippen LogP contribution in [0.5, 0.6) is 0 Å². The van der Waals surface area contributed by atoms with Gasteiger partial charge < -0.3 is 9.32 Å². The normalized spacial score (nSPS) is 11.3. The van der Waals surface area contributed by atoms with E-state index in [-0.39, 0.29) is 0 Å². The van der Waals surface area contributed by atoms with Crippen LogP contribution in [0.2, 0.25) is 0 Å². The molecule has 0 saturated heterocycles. The molecule has 0 saturated carbocycles. The van der Waals surface area contributed by atoms with Gasteiger partial charge in [0.1, 0.15) is 11.2 Å². The molecule has 0 bridgehead atoms. The molecule has 48 heavy (non-hydrogen) atoms. The third-order valence-electron chi connectivity index (χ3n) is 9.15. The molecule has 2 heterocycles. The topological polar surface area (TPSA) is 29.3 Å². The molecule has 0 amide bonds. The van der Waals surface area contributed by atoms with E-state index in [0.717, 1.165) is 55.3 Å². The van der Waals surface area contributed by atoms with Crippen LogP contribution < -0.4 is 4.90 Å². The van der Waals surface area contributed by atoms with E-state index in [1.54, 1.807) is 0 Å². The number of para-hydroxylation sites is 1. The summed E-state index contributed by atoms with van der Waals surface area (Å²) in [5.41, 5.74) is 12.0. The number of anilines is 3. The number of hydrogen-bond acceptors (Lipinski definition) is 3. The fourth-order valence-electron chi connectivity index (χ4n) is 6.73. The lowest BCUT2D eigenvalue weighted by molar-refractivity contribution is 0.669. The van der Waals surface area contributed by atoms with Gasteiger partial charge >= 0.3 is 0 Å². The van der Waals surface area contributed by atoms with Gasteiger partial charge in [-0.3, -0.25) is 4.98 Å². The monoisotopic (exact) mass is 614 g/mol. The summed E-state index contributed by atoms with van der Waals surface area (Å²) in [5.74, 6) is 0. The van der Waals surface area contributed by atoms with Crippen molar-refractivity contribution in [3.63, 3.8) is 0 Å². The van der Waals surface area contributed by atoms with Crippen LogP contribution in [0.1, 0.15) is 0 Å². The number of nitrogens with zero attached hydrogens (tertiary/aromatic N) is 2. The van der Waals surface area contributed by atoms with Crippen LogP contribution in [0, 0.1) is 0 Å². The summed E-state index contributed by atoms with van der Waals surface area (Å²) >= 11 is 0. The van der Waals surface area contributed by atoms with E-state index in [4.69, 9.17) is 4.42 Å². The molecule has 3 nitrogen and oxygen atoms in total. The Morgan fingerprint density at radius 3 is 1.73 bits per heavy atom. The van der Waals surface area contributed by atoms with E-state index in [0.29, 0.717) is 0 Å². The fraction of sp³-hybridized carbons (Fsp3) is 0. The molecule has 226 valence electrons. The Hall–Kier alpha value is -6.45. The minimum absolute atomic E-state index is 0.850. The summed E-state index contributed by atoms with van der Waals surface area (Å²) in [6.07, 6.45) is 3.72. The van der Waals surface area contributed by atoms with Gasteiger partial charge in [0.25, 0.3) is 0 Å². The van der Waals surface area contributed by atoms with Crippen LogP contribution in [0.25, 0.3) is 66.1 Å². The number of fused-ring (bicyclic) bond motifs is 4. The molecule has 0 aliphatic heterocycles. The highest BCUT2D eigenvalue weighted by atomic mass is 16.3. The zero-order valence-electron chi connectivity index (χ0n) is 26.1. The number of furan rings is 1. The zero-order valence-corrected chi connectivity index (χ0v) is 26.1. The second-order valence-corrected chi connectivity index (χ2v) is 12.1. The Kier molecular flexibility index (Phi) is 6.80. The highest BCUT2D eigenvalue weighted by Gasteiger charge is 2.19. The first-order chi connectivity index (χ1) is 23.8. The molecule has 3 heteroatoms. The first-order valence-electron chi connectivity index (χ1n) is 16.2. The summed E-state index contributed by atoms with van der Waals surface area (Å²) in [4.78, 5) is 6.64. The first-order valence-corrected chi connectivity index (χ1v) is 16.2. The standard InChI is InChI=1S/C45H30N2O/c1-3-9-31(10-4-1)32-15-17-33(18-16-32)34-19-21-38(22-20-34)47(43-14-8-7-13-40(43)35-11-5-2-6-12-35)39-23-24-41-42-27-36-25-26-46-30-37(36)28-44(42)48-45(41)29-39/h1-30H. The Morgan fingerprint density at radius 2 is 1.00 bits per heavy atom. The summed E-state index contributed by atoms with van der Waals surface area (Å²) in [6, 6.07) is 60.2. The summed E-state index contributed by atoms with van der Waals surface area (Å²) < 4.78 is 6.50. The van der Waals surface area contributed by atoms with Gasteiger partial charge in [-0.15, -0.1) is 0 Å². The molecule has 0 spiro atoms. The molecule has 7 aromatic carbocycles. The maximum absolute atomic E-state index is 6.50. The van der Waals surface area contributed by atoms with E-state index >= 15 is 0 Å². The van der Waals surface area contributed by atoms with Crippen LogP contribution in [-0.2, 0) is 0 Å². The molecular weight excluding hydrogens is 585 g/mol. The predicted molar refractivity (Wildman–Crippen MR) is 200 cm³/mol. The number of hydrogen-bond donors (Lipinski definition) is 0. The van der Waals surface area contributed by atoms with Crippen molar-refractivity contribution in [3.05, 3.63) is 182 Å². The average molecular weight is 615 g/mol. The predicted octanol–water partition coefficient (Wildman–Crippen LogP) is 12.6. The molecule has 0 unspecified atom stereocenters. The maximum atomic E-state index is 6.50. The van der Waals surface area contributed by atoms with Gasteiger partial charge in [-0.25, -0.2) is 0 Å². The molecule has 0 atom stereocenters. The van der Waals surface area contributed by atoms with Gasteiger partial charge in [-0.2, -0.15) is 0 Å². The number of benzene rings is 7. The van der Waals surface area contributed by atoms with Crippen LogP contribution in [0.3, 0.4) is 0 Å². The number of pyridine rings is 1.